The molecule has 0 saturated heterocycles. The van der Waals surface area contributed by atoms with E-state index in [9.17, 15) is 9.90 Å². The average Bonchev–Trinajstić information content (AvgIpc) is 2.46. The maximum Gasteiger partial charge on any atom is 0.336 e. The van der Waals surface area contributed by atoms with E-state index in [2.05, 4.69) is 4.98 Å². The van der Waals surface area contributed by atoms with Gasteiger partial charge in [-0.3, -0.25) is 0 Å². The SMILES string of the molecule is Cc1cc(C)c2nc(-c3cccc(Cl)c3)cc(C(=O)O)c2c1. The Morgan fingerprint density at radius 2 is 1.91 bits per heavy atom. The Labute approximate surface area is 133 Å². The summed E-state index contributed by atoms with van der Waals surface area (Å²) in [5, 5.41) is 10.8. The van der Waals surface area contributed by atoms with Crippen LogP contribution in [0.3, 0.4) is 0 Å². The molecular weight excluding hydrogens is 298 g/mol. The van der Waals surface area contributed by atoms with Crippen LogP contribution in [-0.2, 0) is 0 Å². The van der Waals surface area contributed by atoms with E-state index < -0.39 is 5.97 Å². The van der Waals surface area contributed by atoms with Crippen LogP contribution < -0.4 is 0 Å². The van der Waals surface area contributed by atoms with Crippen LogP contribution in [0.1, 0.15) is 21.5 Å². The second-order valence-electron chi connectivity index (χ2n) is 5.35. The summed E-state index contributed by atoms with van der Waals surface area (Å²) in [6, 6.07) is 12.7. The zero-order valence-corrected chi connectivity index (χ0v) is 13.0. The lowest BCUT2D eigenvalue weighted by Crippen LogP contribution is -2.01. The minimum atomic E-state index is -0.958. The first kappa shape index (κ1) is 14.5. The normalized spacial score (nSPS) is 10.9. The van der Waals surface area contributed by atoms with Crippen LogP contribution >= 0.6 is 11.6 Å². The van der Waals surface area contributed by atoms with Crippen molar-refractivity contribution in [3.05, 3.63) is 64.2 Å². The van der Waals surface area contributed by atoms with Gasteiger partial charge < -0.3 is 5.11 Å². The summed E-state index contributed by atoms with van der Waals surface area (Å²) >= 11 is 6.02. The van der Waals surface area contributed by atoms with Crippen molar-refractivity contribution in [3.8, 4) is 11.3 Å². The number of aromatic nitrogens is 1. The van der Waals surface area contributed by atoms with Crippen LogP contribution in [0.2, 0.25) is 5.02 Å². The molecule has 3 rings (SSSR count). The van der Waals surface area contributed by atoms with Crippen LogP contribution in [0.5, 0.6) is 0 Å². The third-order valence-electron chi connectivity index (χ3n) is 3.60. The predicted octanol–water partition coefficient (Wildman–Crippen LogP) is 4.87. The highest BCUT2D eigenvalue weighted by Gasteiger charge is 2.14. The van der Waals surface area contributed by atoms with Gasteiger partial charge in [-0.25, -0.2) is 9.78 Å². The molecule has 3 nitrogen and oxygen atoms in total. The van der Waals surface area contributed by atoms with Gasteiger partial charge in [-0.05, 0) is 43.7 Å². The minimum absolute atomic E-state index is 0.256. The van der Waals surface area contributed by atoms with Crippen LogP contribution in [-0.4, -0.2) is 16.1 Å². The van der Waals surface area contributed by atoms with E-state index in [0.29, 0.717) is 21.6 Å². The molecule has 0 saturated carbocycles. The molecule has 0 aliphatic rings. The lowest BCUT2D eigenvalue weighted by molar-refractivity contribution is 0.0699. The summed E-state index contributed by atoms with van der Waals surface area (Å²) in [6.45, 7) is 3.89. The fourth-order valence-corrected chi connectivity index (χ4v) is 2.84. The molecule has 22 heavy (non-hydrogen) atoms. The van der Waals surface area contributed by atoms with Crippen molar-refractivity contribution in [2.75, 3.05) is 0 Å². The smallest absolute Gasteiger partial charge is 0.336 e. The third-order valence-corrected chi connectivity index (χ3v) is 3.83. The summed E-state index contributed by atoms with van der Waals surface area (Å²) in [5.41, 5.74) is 4.36. The van der Waals surface area contributed by atoms with Gasteiger partial charge >= 0.3 is 5.97 Å². The highest BCUT2D eigenvalue weighted by Crippen LogP contribution is 2.29. The molecule has 0 aliphatic carbocycles. The van der Waals surface area contributed by atoms with Gasteiger partial charge in [0.2, 0.25) is 0 Å². The third kappa shape index (κ3) is 2.55. The summed E-state index contributed by atoms with van der Waals surface area (Å²) < 4.78 is 0. The van der Waals surface area contributed by atoms with Gasteiger partial charge in [0.1, 0.15) is 0 Å². The largest absolute Gasteiger partial charge is 0.478 e. The summed E-state index contributed by atoms with van der Waals surface area (Å²) in [4.78, 5) is 16.3. The Balaban J connectivity index is 2.37. The Morgan fingerprint density at radius 1 is 1.14 bits per heavy atom. The lowest BCUT2D eigenvalue weighted by Gasteiger charge is -2.10. The molecule has 0 amide bonds. The molecule has 1 heterocycles. The molecule has 0 unspecified atom stereocenters. The Bertz CT molecular complexity index is 903. The van der Waals surface area contributed by atoms with Crippen LogP contribution in [0.4, 0.5) is 0 Å². The monoisotopic (exact) mass is 311 g/mol. The number of carboxylic acid groups (broad SMARTS) is 1. The number of hydrogen-bond donors (Lipinski definition) is 1. The standard InChI is InChI=1S/C18H14ClNO2/c1-10-6-11(2)17-14(7-10)15(18(21)22)9-16(20-17)12-4-3-5-13(19)8-12/h3-9H,1-2H3,(H,21,22). The van der Waals surface area contributed by atoms with Crippen molar-refractivity contribution in [2.24, 2.45) is 0 Å². The zero-order valence-electron chi connectivity index (χ0n) is 12.2. The molecule has 0 atom stereocenters. The second-order valence-corrected chi connectivity index (χ2v) is 5.78. The number of nitrogens with zero attached hydrogens (tertiary/aromatic N) is 1. The summed E-state index contributed by atoms with van der Waals surface area (Å²) in [5.74, 6) is -0.958. The van der Waals surface area contributed by atoms with Crippen LogP contribution in [0.15, 0.2) is 42.5 Å². The molecule has 0 bridgehead atoms. The molecule has 3 aromatic rings. The fraction of sp³-hybridized carbons (Fsp3) is 0.111. The minimum Gasteiger partial charge on any atom is -0.478 e. The topological polar surface area (TPSA) is 50.2 Å². The highest BCUT2D eigenvalue weighted by atomic mass is 35.5. The van der Waals surface area contributed by atoms with Crippen molar-refractivity contribution in [3.63, 3.8) is 0 Å². The molecule has 1 aromatic heterocycles. The first-order chi connectivity index (χ1) is 10.5. The van der Waals surface area contributed by atoms with E-state index >= 15 is 0 Å². The van der Waals surface area contributed by atoms with Gasteiger partial charge in [-0.1, -0.05) is 35.4 Å². The van der Waals surface area contributed by atoms with Gasteiger partial charge in [-0.15, -0.1) is 0 Å². The average molecular weight is 312 g/mol. The number of carboxylic acids is 1. The molecule has 0 aliphatic heterocycles. The van der Waals surface area contributed by atoms with E-state index in [1.165, 1.54) is 0 Å². The summed E-state index contributed by atoms with van der Waals surface area (Å²) in [7, 11) is 0. The van der Waals surface area contributed by atoms with Crippen molar-refractivity contribution < 1.29 is 9.90 Å². The van der Waals surface area contributed by atoms with E-state index in [-0.39, 0.29) is 5.56 Å². The van der Waals surface area contributed by atoms with Crippen molar-refractivity contribution in [1.82, 2.24) is 4.98 Å². The first-order valence-electron chi connectivity index (χ1n) is 6.87. The number of aryl methyl sites for hydroxylation is 2. The molecule has 0 radical (unpaired) electrons. The number of carbonyl (C=O) groups is 1. The predicted molar refractivity (Wildman–Crippen MR) is 88.6 cm³/mol. The number of hydrogen-bond acceptors (Lipinski definition) is 2. The second kappa shape index (κ2) is 5.43. The molecule has 1 N–H and O–H groups in total. The van der Waals surface area contributed by atoms with Crippen LogP contribution in [0, 0.1) is 13.8 Å². The van der Waals surface area contributed by atoms with Crippen LogP contribution in [0.25, 0.3) is 22.2 Å². The number of benzene rings is 2. The van der Waals surface area contributed by atoms with E-state index in [1.54, 1.807) is 18.2 Å². The van der Waals surface area contributed by atoms with Gasteiger partial charge in [0.15, 0.2) is 0 Å². The Hall–Kier alpha value is -2.39. The maximum atomic E-state index is 11.6. The van der Waals surface area contributed by atoms with E-state index in [1.807, 2.05) is 38.1 Å². The summed E-state index contributed by atoms with van der Waals surface area (Å²) in [6.07, 6.45) is 0. The zero-order chi connectivity index (χ0) is 15.9. The molecular formula is C18H14ClNO2. The van der Waals surface area contributed by atoms with E-state index in [0.717, 1.165) is 16.7 Å². The van der Waals surface area contributed by atoms with Crippen molar-refractivity contribution in [2.45, 2.75) is 13.8 Å². The Kier molecular flexibility index (Phi) is 3.59. The molecule has 4 heteroatoms. The maximum absolute atomic E-state index is 11.6. The quantitative estimate of drug-likeness (QED) is 0.734. The number of fused-ring (bicyclic) bond motifs is 1. The van der Waals surface area contributed by atoms with Gasteiger partial charge in [0.25, 0.3) is 0 Å². The highest BCUT2D eigenvalue weighted by molar-refractivity contribution is 6.30. The van der Waals surface area contributed by atoms with E-state index in [4.69, 9.17) is 11.6 Å². The first-order valence-corrected chi connectivity index (χ1v) is 7.25. The van der Waals surface area contributed by atoms with Crippen molar-refractivity contribution >= 4 is 28.5 Å². The number of halogens is 1. The molecule has 2 aromatic carbocycles. The van der Waals surface area contributed by atoms with Crippen molar-refractivity contribution in [1.29, 1.82) is 0 Å². The van der Waals surface area contributed by atoms with Gasteiger partial charge in [0.05, 0.1) is 16.8 Å². The molecule has 0 fully saturated rings. The fourth-order valence-electron chi connectivity index (χ4n) is 2.65. The molecule has 110 valence electrons. The Morgan fingerprint density at radius 3 is 2.59 bits per heavy atom. The number of pyridine rings is 1. The number of rotatable bonds is 2. The number of aromatic carboxylic acids is 1. The lowest BCUT2D eigenvalue weighted by atomic mass is 10.00. The van der Waals surface area contributed by atoms with Gasteiger partial charge in [0, 0.05) is 16.0 Å². The molecule has 0 spiro atoms. The van der Waals surface area contributed by atoms with Gasteiger partial charge in [-0.2, -0.15) is 0 Å².